The van der Waals surface area contributed by atoms with Crippen molar-refractivity contribution in [3.05, 3.63) is 40.0 Å². The number of nitrogens with zero attached hydrogens (tertiary/aromatic N) is 3. The van der Waals surface area contributed by atoms with Crippen LogP contribution in [0.15, 0.2) is 24.3 Å². The molecule has 106 valence electrons. The zero-order valence-electron chi connectivity index (χ0n) is 10.2. The lowest BCUT2D eigenvalue weighted by Crippen LogP contribution is -2.05. The highest BCUT2D eigenvalue weighted by atomic mass is 35.5. The number of aromatic nitrogens is 3. The molecule has 0 aliphatic rings. The van der Waals surface area contributed by atoms with Crippen LogP contribution in [0.5, 0.6) is 0 Å². The minimum atomic E-state index is -1.12. The summed E-state index contributed by atoms with van der Waals surface area (Å²) < 4.78 is 8.25. The second kappa shape index (κ2) is 5.44. The standard InChI is InChI=1S/C12H6Cl2N4O2S/c13-6-2-3-7-10(18-21-17-7)9(6)16-11-5(12(19)20)1-4-8(14)15-11/h1-4H,(H,15,16)(H,19,20). The van der Waals surface area contributed by atoms with E-state index in [1.54, 1.807) is 12.1 Å². The number of nitrogens with one attached hydrogen (secondary N) is 1. The second-order valence-electron chi connectivity index (χ2n) is 4.01. The third-order valence-electron chi connectivity index (χ3n) is 2.71. The van der Waals surface area contributed by atoms with Gasteiger partial charge in [-0.2, -0.15) is 8.75 Å². The summed E-state index contributed by atoms with van der Waals surface area (Å²) in [5.41, 5.74) is 1.63. The van der Waals surface area contributed by atoms with Gasteiger partial charge in [0, 0.05) is 0 Å². The van der Waals surface area contributed by atoms with Crippen LogP contribution in [0.4, 0.5) is 11.5 Å². The molecule has 6 nitrogen and oxygen atoms in total. The van der Waals surface area contributed by atoms with E-state index in [1.807, 2.05) is 0 Å². The van der Waals surface area contributed by atoms with E-state index in [0.29, 0.717) is 21.7 Å². The lowest BCUT2D eigenvalue weighted by molar-refractivity contribution is 0.0697. The van der Waals surface area contributed by atoms with Crippen LogP contribution >= 0.6 is 34.9 Å². The number of carbonyl (C=O) groups is 1. The molecule has 2 N–H and O–H groups in total. The van der Waals surface area contributed by atoms with Crippen molar-refractivity contribution in [2.45, 2.75) is 0 Å². The molecule has 0 atom stereocenters. The first kappa shape index (κ1) is 14.0. The number of hydrogen-bond acceptors (Lipinski definition) is 6. The number of hydrogen-bond donors (Lipinski definition) is 2. The molecule has 0 aliphatic heterocycles. The maximum atomic E-state index is 11.2. The van der Waals surface area contributed by atoms with Gasteiger partial charge >= 0.3 is 5.97 Å². The average Bonchev–Trinajstić information content (AvgIpc) is 2.90. The molecule has 0 saturated carbocycles. The Morgan fingerprint density at radius 2 is 2.00 bits per heavy atom. The van der Waals surface area contributed by atoms with Crippen LogP contribution in [0.25, 0.3) is 11.0 Å². The third kappa shape index (κ3) is 2.63. The summed E-state index contributed by atoms with van der Waals surface area (Å²) in [6.07, 6.45) is 0. The van der Waals surface area contributed by atoms with E-state index in [1.165, 1.54) is 12.1 Å². The topological polar surface area (TPSA) is 88.0 Å². The van der Waals surface area contributed by atoms with Gasteiger partial charge in [0.1, 0.15) is 27.6 Å². The highest BCUT2D eigenvalue weighted by Gasteiger charge is 2.16. The van der Waals surface area contributed by atoms with Crippen LogP contribution in [0.1, 0.15) is 10.4 Å². The minimum Gasteiger partial charge on any atom is -0.478 e. The number of carboxylic acid groups (broad SMARTS) is 1. The first-order chi connectivity index (χ1) is 10.1. The Morgan fingerprint density at radius 3 is 2.76 bits per heavy atom. The van der Waals surface area contributed by atoms with Crippen molar-refractivity contribution in [2.24, 2.45) is 0 Å². The van der Waals surface area contributed by atoms with Gasteiger partial charge < -0.3 is 10.4 Å². The van der Waals surface area contributed by atoms with Crippen molar-refractivity contribution in [3.8, 4) is 0 Å². The van der Waals surface area contributed by atoms with Crippen LogP contribution in [0.3, 0.4) is 0 Å². The van der Waals surface area contributed by atoms with Gasteiger partial charge in [0.2, 0.25) is 0 Å². The highest BCUT2D eigenvalue weighted by molar-refractivity contribution is 7.00. The molecule has 0 saturated heterocycles. The predicted octanol–water partition coefficient (Wildman–Crippen LogP) is 3.83. The number of anilines is 2. The molecule has 2 aromatic heterocycles. The van der Waals surface area contributed by atoms with Crippen LogP contribution in [0.2, 0.25) is 10.2 Å². The molecule has 21 heavy (non-hydrogen) atoms. The van der Waals surface area contributed by atoms with Gasteiger partial charge in [0.25, 0.3) is 0 Å². The van der Waals surface area contributed by atoms with Crippen molar-refractivity contribution >= 4 is 63.4 Å². The molecule has 9 heteroatoms. The van der Waals surface area contributed by atoms with Crippen LogP contribution in [-0.4, -0.2) is 24.8 Å². The molecular formula is C12H6Cl2N4O2S. The van der Waals surface area contributed by atoms with Gasteiger partial charge in [0.15, 0.2) is 0 Å². The van der Waals surface area contributed by atoms with Crippen molar-refractivity contribution < 1.29 is 9.90 Å². The van der Waals surface area contributed by atoms with E-state index in [0.717, 1.165) is 11.7 Å². The second-order valence-corrected chi connectivity index (χ2v) is 5.34. The Balaban J connectivity index is 2.14. The lowest BCUT2D eigenvalue weighted by Gasteiger charge is -2.10. The fourth-order valence-corrected chi connectivity index (χ4v) is 2.66. The summed E-state index contributed by atoms with van der Waals surface area (Å²) in [5.74, 6) is -1.03. The molecule has 1 aromatic carbocycles. The third-order valence-corrected chi connectivity index (χ3v) is 3.78. The number of rotatable bonds is 3. The Kier molecular flexibility index (Phi) is 3.62. The maximum Gasteiger partial charge on any atom is 0.339 e. The molecular weight excluding hydrogens is 335 g/mol. The van der Waals surface area contributed by atoms with Crippen LogP contribution in [0, 0.1) is 0 Å². The zero-order valence-corrected chi connectivity index (χ0v) is 12.5. The van der Waals surface area contributed by atoms with Gasteiger partial charge in [-0.3, -0.25) is 0 Å². The quantitative estimate of drug-likeness (QED) is 0.704. The van der Waals surface area contributed by atoms with E-state index in [4.69, 9.17) is 23.2 Å². The molecule has 0 aliphatic carbocycles. The van der Waals surface area contributed by atoms with Crippen molar-refractivity contribution in [2.75, 3.05) is 5.32 Å². The largest absolute Gasteiger partial charge is 0.478 e. The monoisotopic (exact) mass is 340 g/mol. The molecule has 0 radical (unpaired) electrons. The number of fused-ring (bicyclic) bond motifs is 1. The molecule has 0 amide bonds. The Labute approximate surface area is 132 Å². The smallest absolute Gasteiger partial charge is 0.339 e. The first-order valence-electron chi connectivity index (χ1n) is 5.64. The summed E-state index contributed by atoms with van der Waals surface area (Å²) in [7, 11) is 0. The SMILES string of the molecule is O=C(O)c1ccc(Cl)nc1Nc1c(Cl)ccc2nsnc12. The highest BCUT2D eigenvalue weighted by Crippen LogP contribution is 2.33. The maximum absolute atomic E-state index is 11.2. The normalized spacial score (nSPS) is 10.8. The van der Waals surface area contributed by atoms with Crippen molar-refractivity contribution in [3.63, 3.8) is 0 Å². The predicted molar refractivity (Wildman–Crippen MR) is 81.9 cm³/mol. The minimum absolute atomic E-state index is 0.0179. The number of halogens is 2. The van der Waals surface area contributed by atoms with Gasteiger partial charge in [0.05, 0.1) is 22.4 Å². The van der Waals surface area contributed by atoms with Crippen LogP contribution in [-0.2, 0) is 0 Å². The molecule has 0 fully saturated rings. The lowest BCUT2D eigenvalue weighted by atomic mass is 10.2. The molecule has 0 spiro atoms. The van der Waals surface area contributed by atoms with E-state index in [9.17, 15) is 9.90 Å². The number of benzene rings is 1. The zero-order chi connectivity index (χ0) is 15.0. The number of pyridine rings is 1. The summed E-state index contributed by atoms with van der Waals surface area (Å²) in [4.78, 5) is 15.2. The Bertz CT molecular complexity index is 852. The fraction of sp³-hybridized carbons (Fsp3) is 0. The van der Waals surface area contributed by atoms with Gasteiger partial charge in [-0.15, -0.1) is 0 Å². The molecule has 3 rings (SSSR count). The molecule has 3 aromatic rings. The first-order valence-corrected chi connectivity index (χ1v) is 7.12. The van der Waals surface area contributed by atoms with E-state index < -0.39 is 5.97 Å². The average molecular weight is 341 g/mol. The molecule has 2 heterocycles. The van der Waals surface area contributed by atoms with E-state index >= 15 is 0 Å². The van der Waals surface area contributed by atoms with Crippen LogP contribution < -0.4 is 5.32 Å². The fourth-order valence-electron chi connectivity index (χ4n) is 1.77. The number of aromatic carboxylic acids is 1. The van der Waals surface area contributed by atoms with Crippen molar-refractivity contribution in [1.82, 2.24) is 13.7 Å². The summed E-state index contributed by atoms with van der Waals surface area (Å²) in [6, 6.07) is 6.16. The van der Waals surface area contributed by atoms with E-state index in [-0.39, 0.29) is 16.5 Å². The molecule has 0 unspecified atom stereocenters. The molecule has 0 bridgehead atoms. The van der Waals surface area contributed by atoms with Gasteiger partial charge in [-0.25, -0.2) is 9.78 Å². The summed E-state index contributed by atoms with van der Waals surface area (Å²) in [6.45, 7) is 0. The van der Waals surface area contributed by atoms with Gasteiger partial charge in [-0.05, 0) is 24.3 Å². The number of carboxylic acids is 1. The Morgan fingerprint density at radius 1 is 1.19 bits per heavy atom. The summed E-state index contributed by atoms with van der Waals surface area (Å²) in [5, 5.41) is 12.6. The van der Waals surface area contributed by atoms with Gasteiger partial charge in [-0.1, -0.05) is 23.2 Å². The van der Waals surface area contributed by atoms with Crippen molar-refractivity contribution in [1.29, 1.82) is 0 Å². The Hall–Kier alpha value is -1.96. The van der Waals surface area contributed by atoms with E-state index in [2.05, 4.69) is 19.0 Å². The summed E-state index contributed by atoms with van der Waals surface area (Å²) >= 11 is 13.0.